The van der Waals surface area contributed by atoms with Crippen molar-refractivity contribution in [2.24, 2.45) is 0 Å². The largest absolute Gasteiger partial charge is 0.325 e. The molecule has 0 fully saturated rings. The van der Waals surface area contributed by atoms with Crippen molar-refractivity contribution in [3.63, 3.8) is 0 Å². The molecule has 190 valence electrons. The molecule has 3 aromatic carbocycles. The summed E-state index contributed by atoms with van der Waals surface area (Å²) in [5, 5.41) is 3.16. The number of nitrogens with one attached hydrogen (secondary N) is 2. The van der Waals surface area contributed by atoms with Gasteiger partial charge >= 0.3 is 0 Å². The summed E-state index contributed by atoms with van der Waals surface area (Å²) in [5.74, 6) is -0.152. The number of amides is 1. The van der Waals surface area contributed by atoms with Crippen LogP contribution in [0.1, 0.15) is 16.8 Å². The van der Waals surface area contributed by atoms with Crippen LogP contribution in [0.5, 0.6) is 0 Å². The van der Waals surface area contributed by atoms with E-state index in [9.17, 15) is 18.0 Å². The van der Waals surface area contributed by atoms with Crippen LogP contribution in [0.4, 0.5) is 5.69 Å². The maximum Gasteiger partial charge on any atom is 0.251 e. The van der Waals surface area contributed by atoms with E-state index < -0.39 is 22.5 Å². The van der Waals surface area contributed by atoms with Gasteiger partial charge in [-0.25, -0.2) is 13.4 Å². The van der Waals surface area contributed by atoms with Gasteiger partial charge in [-0.05, 0) is 55.8 Å². The van der Waals surface area contributed by atoms with Gasteiger partial charge in [0.05, 0.1) is 11.4 Å². The van der Waals surface area contributed by atoms with E-state index in [0.29, 0.717) is 27.8 Å². The van der Waals surface area contributed by atoms with Crippen LogP contribution in [0.15, 0.2) is 88.6 Å². The Balaban J connectivity index is 1.59. The summed E-state index contributed by atoms with van der Waals surface area (Å²) < 4.78 is 28.1. The molecule has 0 spiro atoms. The van der Waals surface area contributed by atoms with E-state index in [-0.39, 0.29) is 17.0 Å². The summed E-state index contributed by atoms with van der Waals surface area (Å²) in [7, 11) is -4.01. The molecule has 8 nitrogen and oxygen atoms in total. The third-order valence-corrected chi connectivity index (χ3v) is 7.56. The predicted molar refractivity (Wildman–Crippen MR) is 144 cm³/mol. The van der Waals surface area contributed by atoms with Crippen LogP contribution < -0.4 is 10.9 Å². The molecule has 4 aromatic rings. The van der Waals surface area contributed by atoms with Gasteiger partial charge in [-0.15, -0.1) is 0 Å². The van der Waals surface area contributed by atoms with Crippen LogP contribution in [0.3, 0.4) is 0 Å². The molecule has 0 atom stereocenters. The van der Waals surface area contributed by atoms with Crippen molar-refractivity contribution >= 4 is 33.2 Å². The molecule has 0 aliphatic carbocycles. The first-order valence-electron chi connectivity index (χ1n) is 11.4. The minimum absolute atomic E-state index is 0.00848. The monoisotopic (exact) mass is 536 g/mol. The molecule has 4 rings (SSSR count). The highest BCUT2D eigenvalue weighted by Gasteiger charge is 2.27. The molecule has 0 saturated heterocycles. The van der Waals surface area contributed by atoms with Crippen molar-refractivity contribution in [2.45, 2.75) is 25.3 Å². The number of hydrogen-bond donors (Lipinski definition) is 2. The molecule has 1 aromatic heterocycles. The zero-order valence-electron chi connectivity index (χ0n) is 20.2. The number of aromatic amines is 1. The first-order chi connectivity index (χ1) is 17.6. The Hall–Kier alpha value is -3.79. The van der Waals surface area contributed by atoms with E-state index in [1.165, 1.54) is 30.3 Å². The fourth-order valence-electron chi connectivity index (χ4n) is 3.82. The van der Waals surface area contributed by atoms with Crippen LogP contribution in [0, 0.1) is 13.8 Å². The minimum atomic E-state index is -4.01. The first-order valence-corrected chi connectivity index (χ1v) is 13.2. The Morgan fingerprint density at radius 1 is 1.00 bits per heavy atom. The van der Waals surface area contributed by atoms with Crippen molar-refractivity contribution in [1.29, 1.82) is 0 Å². The zero-order chi connectivity index (χ0) is 26.6. The molecule has 1 heterocycles. The number of carbonyl (C=O) groups excluding carboxylic acids is 1. The number of halogens is 1. The van der Waals surface area contributed by atoms with Gasteiger partial charge in [0.15, 0.2) is 0 Å². The van der Waals surface area contributed by atoms with Crippen LogP contribution in [0.25, 0.3) is 11.4 Å². The molecule has 0 unspecified atom stereocenters. The van der Waals surface area contributed by atoms with Crippen LogP contribution in [-0.2, 0) is 21.4 Å². The Morgan fingerprint density at radius 2 is 1.73 bits per heavy atom. The van der Waals surface area contributed by atoms with E-state index in [1.54, 1.807) is 31.2 Å². The lowest BCUT2D eigenvalue weighted by Crippen LogP contribution is -2.37. The van der Waals surface area contributed by atoms with Crippen molar-refractivity contribution in [2.75, 3.05) is 11.9 Å². The van der Waals surface area contributed by atoms with Crippen LogP contribution >= 0.6 is 11.6 Å². The standard InChI is InChI=1S/C27H25ClN4O4S/c1-18-5-3-6-20(13-18)16-32(37(35,36)24-11-9-22(28)10-12-24)17-26(34)30-23-8-4-7-21(15-23)27-29-19(2)14-25(33)31-27/h3-15H,16-17H2,1-2H3,(H,30,34)(H,29,31,33). The van der Waals surface area contributed by atoms with Gasteiger partial charge < -0.3 is 10.3 Å². The van der Waals surface area contributed by atoms with E-state index in [4.69, 9.17) is 11.6 Å². The van der Waals surface area contributed by atoms with Gasteiger partial charge in [0.2, 0.25) is 15.9 Å². The molecule has 0 radical (unpaired) electrons. The molecule has 0 saturated carbocycles. The number of anilines is 1. The molecule has 0 aliphatic rings. The fraction of sp³-hybridized carbons (Fsp3) is 0.148. The molecule has 2 N–H and O–H groups in total. The summed E-state index contributed by atoms with van der Waals surface area (Å²) in [6.07, 6.45) is 0. The fourth-order valence-corrected chi connectivity index (χ4v) is 5.33. The molecular formula is C27H25ClN4O4S. The Morgan fingerprint density at radius 3 is 2.43 bits per heavy atom. The summed E-state index contributed by atoms with van der Waals surface area (Å²) in [5.41, 5.74) is 3.05. The van der Waals surface area contributed by atoms with Crippen LogP contribution in [0.2, 0.25) is 5.02 Å². The second-order valence-corrected chi connectivity index (χ2v) is 11.0. The van der Waals surface area contributed by atoms with E-state index in [1.807, 2.05) is 31.2 Å². The lowest BCUT2D eigenvalue weighted by atomic mass is 10.1. The quantitative estimate of drug-likeness (QED) is 0.343. The lowest BCUT2D eigenvalue weighted by Gasteiger charge is -2.22. The number of benzene rings is 3. The SMILES string of the molecule is Cc1cccc(CN(CC(=O)Nc2cccc(-c3nc(C)cc(=O)[nH]3)c2)S(=O)(=O)c2ccc(Cl)cc2)c1. The maximum atomic E-state index is 13.5. The normalized spacial score (nSPS) is 11.5. The summed E-state index contributed by atoms with van der Waals surface area (Å²) in [6.45, 7) is 3.23. The van der Waals surface area contributed by atoms with E-state index in [0.717, 1.165) is 15.4 Å². The highest BCUT2D eigenvalue weighted by molar-refractivity contribution is 7.89. The van der Waals surface area contributed by atoms with Gasteiger partial charge in [-0.2, -0.15) is 4.31 Å². The predicted octanol–water partition coefficient (Wildman–Crippen LogP) is 4.54. The third kappa shape index (κ3) is 6.71. The number of sulfonamides is 1. The molecule has 10 heteroatoms. The molecule has 1 amide bonds. The number of aryl methyl sites for hydroxylation is 2. The summed E-state index contributed by atoms with van der Waals surface area (Å²) in [4.78, 5) is 31.9. The van der Waals surface area contributed by atoms with E-state index >= 15 is 0 Å². The van der Waals surface area contributed by atoms with Gasteiger partial charge in [-0.1, -0.05) is 53.6 Å². The average Bonchev–Trinajstić information content (AvgIpc) is 2.83. The molecule has 0 bridgehead atoms. The highest BCUT2D eigenvalue weighted by atomic mass is 35.5. The van der Waals surface area contributed by atoms with Crippen molar-refractivity contribution in [1.82, 2.24) is 14.3 Å². The second kappa shape index (κ2) is 11.1. The van der Waals surface area contributed by atoms with Gasteiger partial charge in [0.25, 0.3) is 5.56 Å². The van der Waals surface area contributed by atoms with Crippen molar-refractivity contribution in [3.05, 3.63) is 111 Å². The lowest BCUT2D eigenvalue weighted by molar-refractivity contribution is -0.116. The first kappa shape index (κ1) is 26.3. The number of nitrogens with zero attached hydrogens (tertiary/aromatic N) is 2. The van der Waals surface area contributed by atoms with Gasteiger partial charge in [0, 0.05) is 34.6 Å². The number of carbonyl (C=O) groups is 1. The highest BCUT2D eigenvalue weighted by Crippen LogP contribution is 2.22. The maximum absolute atomic E-state index is 13.5. The topological polar surface area (TPSA) is 112 Å². The Labute approximate surface area is 220 Å². The number of aromatic nitrogens is 2. The Bertz CT molecular complexity index is 1600. The number of hydrogen-bond acceptors (Lipinski definition) is 5. The van der Waals surface area contributed by atoms with E-state index in [2.05, 4.69) is 15.3 Å². The summed E-state index contributed by atoms with van der Waals surface area (Å²) >= 11 is 5.94. The second-order valence-electron chi connectivity index (χ2n) is 8.58. The number of rotatable bonds is 8. The molecule has 37 heavy (non-hydrogen) atoms. The van der Waals surface area contributed by atoms with Gasteiger partial charge in [-0.3, -0.25) is 9.59 Å². The Kier molecular flexibility index (Phi) is 7.87. The third-order valence-electron chi connectivity index (χ3n) is 5.50. The van der Waals surface area contributed by atoms with Gasteiger partial charge in [0.1, 0.15) is 5.82 Å². The zero-order valence-corrected chi connectivity index (χ0v) is 21.8. The van der Waals surface area contributed by atoms with Crippen molar-refractivity contribution < 1.29 is 13.2 Å². The summed E-state index contributed by atoms with van der Waals surface area (Å²) in [6, 6.07) is 21.4. The minimum Gasteiger partial charge on any atom is -0.325 e. The molecule has 0 aliphatic heterocycles. The molecular weight excluding hydrogens is 512 g/mol. The smallest absolute Gasteiger partial charge is 0.251 e. The van der Waals surface area contributed by atoms with Crippen molar-refractivity contribution in [3.8, 4) is 11.4 Å². The average molecular weight is 537 g/mol. The number of H-pyrrole nitrogens is 1. The van der Waals surface area contributed by atoms with Crippen LogP contribution in [-0.4, -0.2) is 35.1 Å².